The molecule has 0 aromatic heterocycles. The van der Waals surface area contributed by atoms with Crippen LogP contribution in [0, 0.1) is 13.8 Å². The van der Waals surface area contributed by atoms with Gasteiger partial charge in [-0.2, -0.15) is 0 Å². The summed E-state index contributed by atoms with van der Waals surface area (Å²) in [5, 5.41) is 21.4. The molecule has 0 spiro atoms. The quantitative estimate of drug-likeness (QED) is 0.698. The second-order valence-electron chi connectivity index (χ2n) is 6.23. The maximum absolute atomic E-state index is 12.3. The van der Waals surface area contributed by atoms with Crippen LogP contribution in [0.15, 0.2) is 18.2 Å². The number of benzene rings is 1. The predicted molar refractivity (Wildman–Crippen MR) is 90.5 cm³/mol. The van der Waals surface area contributed by atoms with Crippen LogP contribution >= 0.6 is 0 Å². The van der Waals surface area contributed by atoms with Crippen molar-refractivity contribution in [1.29, 1.82) is 0 Å². The number of aliphatic hydroxyl groups is 2. The molecule has 1 aromatic carbocycles. The summed E-state index contributed by atoms with van der Waals surface area (Å²) < 4.78 is 0. The molecule has 6 heteroatoms. The third kappa shape index (κ3) is 5.28. The van der Waals surface area contributed by atoms with Crippen LogP contribution in [-0.2, 0) is 4.79 Å². The molecule has 1 aliphatic heterocycles. The normalized spacial score (nSPS) is 17.9. The van der Waals surface area contributed by atoms with Crippen molar-refractivity contribution in [1.82, 2.24) is 9.80 Å². The molecule has 1 heterocycles. The van der Waals surface area contributed by atoms with Gasteiger partial charge in [0.25, 0.3) is 0 Å². The Hall–Kier alpha value is -1.47. The van der Waals surface area contributed by atoms with Crippen LogP contribution in [-0.4, -0.2) is 77.9 Å². The monoisotopic (exact) mass is 321 g/mol. The van der Waals surface area contributed by atoms with E-state index < -0.39 is 6.10 Å². The third-order valence-corrected chi connectivity index (χ3v) is 4.26. The molecule has 1 saturated heterocycles. The summed E-state index contributed by atoms with van der Waals surface area (Å²) in [5.74, 6) is 0.00578. The molecule has 6 nitrogen and oxygen atoms in total. The molecule has 128 valence electrons. The van der Waals surface area contributed by atoms with Crippen LogP contribution in [0.1, 0.15) is 11.1 Å². The van der Waals surface area contributed by atoms with Crippen molar-refractivity contribution >= 4 is 11.6 Å². The molecule has 1 fully saturated rings. The van der Waals surface area contributed by atoms with Gasteiger partial charge in [0.05, 0.1) is 19.3 Å². The Balaban J connectivity index is 1.79. The van der Waals surface area contributed by atoms with E-state index in [1.54, 1.807) is 0 Å². The Kier molecular flexibility index (Phi) is 6.53. The van der Waals surface area contributed by atoms with Crippen molar-refractivity contribution in [3.8, 4) is 0 Å². The highest BCUT2D eigenvalue weighted by molar-refractivity contribution is 5.93. The van der Waals surface area contributed by atoms with E-state index in [1.807, 2.05) is 32.0 Å². The smallest absolute Gasteiger partial charge is 0.238 e. The summed E-state index contributed by atoms with van der Waals surface area (Å²) in [4.78, 5) is 16.5. The molecule has 1 amide bonds. The number of carbonyl (C=O) groups excluding carboxylic acids is 1. The Morgan fingerprint density at radius 2 is 1.74 bits per heavy atom. The van der Waals surface area contributed by atoms with Crippen molar-refractivity contribution < 1.29 is 15.0 Å². The minimum atomic E-state index is -0.686. The predicted octanol–water partition coefficient (Wildman–Crippen LogP) is 0.213. The Morgan fingerprint density at radius 1 is 1.17 bits per heavy atom. The van der Waals surface area contributed by atoms with Crippen molar-refractivity contribution in [3.05, 3.63) is 29.3 Å². The number of rotatable bonds is 6. The van der Waals surface area contributed by atoms with Gasteiger partial charge >= 0.3 is 0 Å². The first kappa shape index (κ1) is 17.9. The SMILES string of the molecule is Cc1cccc(C)c1NC(=O)CN1CCN(CC(O)CO)CC1. The van der Waals surface area contributed by atoms with Crippen molar-refractivity contribution in [2.45, 2.75) is 20.0 Å². The summed E-state index contributed by atoms with van der Waals surface area (Å²) in [6.07, 6.45) is -0.686. The molecule has 0 aliphatic carbocycles. The van der Waals surface area contributed by atoms with Gasteiger partial charge in [-0.25, -0.2) is 0 Å². The van der Waals surface area contributed by atoms with Crippen molar-refractivity contribution in [2.24, 2.45) is 0 Å². The lowest BCUT2D eigenvalue weighted by molar-refractivity contribution is -0.117. The van der Waals surface area contributed by atoms with Crippen molar-refractivity contribution in [3.63, 3.8) is 0 Å². The number of carbonyl (C=O) groups is 1. The Bertz CT molecular complexity index is 508. The standard InChI is InChI=1S/C17H27N3O3/c1-13-4-3-5-14(2)17(13)18-16(23)11-20-8-6-19(7-9-20)10-15(22)12-21/h3-5,15,21-22H,6-12H2,1-2H3,(H,18,23). The van der Waals surface area contributed by atoms with Crippen LogP contribution in [0.5, 0.6) is 0 Å². The molecule has 23 heavy (non-hydrogen) atoms. The maximum atomic E-state index is 12.3. The lowest BCUT2D eigenvalue weighted by Crippen LogP contribution is -2.50. The van der Waals surface area contributed by atoms with Gasteiger partial charge in [-0.1, -0.05) is 18.2 Å². The lowest BCUT2D eigenvalue weighted by atomic mass is 10.1. The van der Waals surface area contributed by atoms with Gasteiger partial charge in [0.1, 0.15) is 0 Å². The van der Waals surface area contributed by atoms with E-state index >= 15 is 0 Å². The lowest BCUT2D eigenvalue weighted by Gasteiger charge is -2.35. The van der Waals surface area contributed by atoms with E-state index in [1.165, 1.54) is 0 Å². The molecule has 3 N–H and O–H groups in total. The highest BCUT2D eigenvalue weighted by atomic mass is 16.3. The van der Waals surface area contributed by atoms with Gasteiger partial charge in [0, 0.05) is 38.4 Å². The maximum Gasteiger partial charge on any atom is 0.238 e. The number of aliphatic hydroxyl groups excluding tert-OH is 2. The Morgan fingerprint density at radius 3 is 2.30 bits per heavy atom. The molecular weight excluding hydrogens is 294 g/mol. The summed E-state index contributed by atoms with van der Waals surface area (Å²) in [7, 11) is 0. The number of aryl methyl sites for hydroxylation is 2. The number of β-amino-alcohol motifs (C(OH)–C–C–N with tert-alkyl or cyclic N) is 1. The number of nitrogens with zero attached hydrogens (tertiary/aromatic N) is 2. The fourth-order valence-electron chi connectivity index (χ4n) is 2.88. The molecule has 0 radical (unpaired) electrons. The number of nitrogens with one attached hydrogen (secondary N) is 1. The second kappa shape index (κ2) is 8.40. The van der Waals surface area contributed by atoms with Gasteiger partial charge in [-0.05, 0) is 25.0 Å². The van der Waals surface area contributed by atoms with Crippen LogP contribution in [0.2, 0.25) is 0 Å². The zero-order valence-corrected chi connectivity index (χ0v) is 14.0. The minimum Gasteiger partial charge on any atom is -0.394 e. The molecule has 1 unspecified atom stereocenters. The number of hydrogen-bond donors (Lipinski definition) is 3. The van der Waals surface area contributed by atoms with E-state index in [0.29, 0.717) is 13.1 Å². The molecule has 1 atom stereocenters. The molecule has 2 rings (SSSR count). The highest BCUT2D eigenvalue weighted by Gasteiger charge is 2.20. The topological polar surface area (TPSA) is 76.0 Å². The Labute approximate surface area is 137 Å². The van der Waals surface area contributed by atoms with Crippen LogP contribution in [0.3, 0.4) is 0 Å². The molecule has 1 aromatic rings. The number of para-hydroxylation sites is 1. The number of amides is 1. The minimum absolute atomic E-state index is 0.00578. The largest absolute Gasteiger partial charge is 0.394 e. The number of hydrogen-bond acceptors (Lipinski definition) is 5. The first-order chi connectivity index (χ1) is 11.0. The van der Waals surface area contributed by atoms with Gasteiger partial charge < -0.3 is 15.5 Å². The molecule has 1 aliphatic rings. The number of anilines is 1. The highest BCUT2D eigenvalue weighted by Crippen LogP contribution is 2.19. The van der Waals surface area contributed by atoms with Crippen molar-refractivity contribution in [2.75, 3.05) is 51.2 Å². The summed E-state index contributed by atoms with van der Waals surface area (Å²) in [6, 6.07) is 5.97. The van der Waals surface area contributed by atoms with Crippen LogP contribution in [0.25, 0.3) is 0 Å². The van der Waals surface area contributed by atoms with E-state index in [9.17, 15) is 9.90 Å². The first-order valence-corrected chi connectivity index (χ1v) is 8.09. The van der Waals surface area contributed by atoms with E-state index in [-0.39, 0.29) is 12.5 Å². The van der Waals surface area contributed by atoms with Gasteiger partial charge in [-0.3, -0.25) is 14.6 Å². The van der Waals surface area contributed by atoms with E-state index in [0.717, 1.165) is 43.0 Å². The fraction of sp³-hybridized carbons (Fsp3) is 0.588. The molecule has 0 saturated carbocycles. The van der Waals surface area contributed by atoms with Gasteiger partial charge in [-0.15, -0.1) is 0 Å². The molecular formula is C17H27N3O3. The van der Waals surface area contributed by atoms with E-state index in [2.05, 4.69) is 15.1 Å². The average Bonchev–Trinajstić information content (AvgIpc) is 2.53. The summed E-state index contributed by atoms with van der Waals surface area (Å²) in [5.41, 5.74) is 3.05. The summed E-state index contributed by atoms with van der Waals surface area (Å²) in [6.45, 7) is 7.82. The fourth-order valence-corrected chi connectivity index (χ4v) is 2.88. The summed E-state index contributed by atoms with van der Waals surface area (Å²) >= 11 is 0. The van der Waals surface area contributed by atoms with Gasteiger partial charge in [0.15, 0.2) is 0 Å². The van der Waals surface area contributed by atoms with Crippen LogP contribution in [0.4, 0.5) is 5.69 Å². The zero-order valence-electron chi connectivity index (χ0n) is 14.0. The first-order valence-electron chi connectivity index (χ1n) is 8.09. The number of piperazine rings is 1. The van der Waals surface area contributed by atoms with E-state index in [4.69, 9.17) is 5.11 Å². The van der Waals surface area contributed by atoms with Crippen LogP contribution < -0.4 is 5.32 Å². The van der Waals surface area contributed by atoms with Gasteiger partial charge in [0.2, 0.25) is 5.91 Å². The average molecular weight is 321 g/mol. The third-order valence-electron chi connectivity index (χ3n) is 4.26. The second-order valence-corrected chi connectivity index (χ2v) is 6.23. The molecule has 0 bridgehead atoms. The zero-order chi connectivity index (χ0) is 16.8.